The van der Waals surface area contributed by atoms with Gasteiger partial charge in [0.1, 0.15) is 11.6 Å². The Morgan fingerprint density at radius 3 is 2.33 bits per heavy atom. The van der Waals surface area contributed by atoms with Crippen molar-refractivity contribution in [3.63, 3.8) is 0 Å². The molecular formula is C15H14BrClF2N2. The Morgan fingerprint density at radius 2 is 1.67 bits per heavy atom. The zero-order chi connectivity index (χ0) is 15.4. The SMILES string of the molecule is NNC(Cc1ccc(F)cc1Cl)Cc1cc(F)ccc1Br. The van der Waals surface area contributed by atoms with Gasteiger partial charge in [0.25, 0.3) is 0 Å². The predicted octanol–water partition coefficient (Wildman–Crippen LogP) is 4.00. The Morgan fingerprint density at radius 1 is 1.05 bits per heavy atom. The number of hydrogen-bond donors (Lipinski definition) is 2. The van der Waals surface area contributed by atoms with E-state index >= 15 is 0 Å². The van der Waals surface area contributed by atoms with Crippen LogP contribution < -0.4 is 11.3 Å². The Bertz CT molecular complexity index is 637. The van der Waals surface area contributed by atoms with Gasteiger partial charge in [-0.2, -0.15) is 0 Å². The van der Waals surface area contributed by atoms with E-state index in [9.17, 15) is 8.78 Å². The summed E-state index contributed by atoms with van der Waals surface area (Å²) in [6.45, 7) is 0. The largest absolute Gasteiger partial charge is 0.271 e. The molecule has 0 amide bonds. The molecule has 0 aromatic heterocycles. The minimum absolute atomic E-state index is 0.147. The molecule has 0 saturated carbocycles. The minimum Gasteiger partial charge on any atom is -0.271 e. The number of hydrogen-bond acceptors (Lipinski definition) is 2. The van der Waals surface area contributed by atoms with E-state index in [1.54, 1.807) is 12.1 Å². The van der Waals surface area contributed by atoms with Gasteiger partial charge >= 0.3 is 0 Å². The maximum atomic E-state index is 13.3. The highest BCUT2D eigenvalue weighted by Gasteiger charge is 2.14. The molecule has 1 atom stereocenters. The average molecular weight is 376 g/mol. The number of hydrazine groups is 1. The van der Waals surface area contributed by atoms with Crippen LogP contribution in [0.15, 0.2) is 40.9 Å². The van der Waals surface area contributed by atoms with Gasteiger partial charge in [-0.15, -0.1) is 0 Å². The number of benzene rings is 2. The van der Waals surface area contributed by atoms with Crippen LogP contribution in [-0.2, 0) is 12.8 Å². The van der Waals surface area contributed by atoms with Crippen LogP contribution in [-0.4, -0.2) is 6.04 Å². The van der Waals surface area contributed by atoms with Gasteiger partial charge in [-0.1, -0.05) is 33.6 Å². The predicted molar refractivity (Wildman–Crippen MR) is 84.0 cm³/mol. The third-order valence-corrected chi connectivity index (χ3v) is 4.32. The van der Waals surface area contributed by atoms with E-state index in [0.29, 0.717) is 17.9 Å². The molecule has 2 aromatic rings. The van der Waals surface area contributed by atoms with Crippen LogP contribution in [0.2, 0.25) is 5.02 Å². The molecule has 21 heavy (non-hydrogen) atoms. The first kappa shape index (κ1) is 16.4. The third-order valence-electron chi connectivity index (χ3n) is 3.19. The quantitative estimate of drug-likeness (QED) is 0.612. The molecule has 0 bridgehead atoms. The van der Waals surface area contributed by atoms with E-state index in [-0.39, 0.29) is 17.7 Å². The highest BCUT2D eigenvalue weighted by atomic mass is 79.9. The zero-order valence-electron chi connectivity index (χ0n) is 11.0. The molecule has 3 N–H and O–H groups in total. The number of nitrogens with one attached hydrogen (secondary N) is 1. The lowest BCUT2D eigenvalue weighted by atomic mass is 9.99. The van der Waals surface area contributed by atoms with Gasteiger partial charge in [-0.25, -0.2) is 8.78 Å². The van der Waals surface area contributed by atoms with Crippen LogP contribution in [0.25, 0.3) is 0 Å². The molecule has 0 spiro atoms. The highest BCUT2D eigenvalue weighted by Crippen LogP contribution is 2.23. The van der Waals surface area contributed by atoms with E-state index in [4.69, 9.17) is 17.4 Å². The summed E-state index contributed by atoms with van der Waals surface area (Å²) >= 11 is 9.40. The molecule has 0 saturated heterocycles. The summed E-state index contributed by atoms with van der Waals surface area (Å²) in [5.74, 6) is 4.88. The summed E-state index contributed by atoms with van der Waals surface area (Å²) in [7, 11) is 0. The lowest BCUT2D eigenvalue weighted by Crippen LogP contribution is -2.38. The van der Waals surface area contributed by atoms with E-state index in [1.807, 2.05) is 0 Å². The van der Waals surface area contributed by atoms with Crippen molar-refractivity contribution in [2.45, 2.75) is 18.9 Å². The van der Waals surface area contributed by atoms with Crippen molar-refractivity contribution in [1.82, 2.24) is 5.43 Å². The first-order chi connectivity index (χ1) is 9.99. The maximum absolute atomic E-state index is 13.3. The molecule has 0 heterocycles. The molecule has 0 radical (unpaired) electrons. The number of halogens is 4. The van der Waals surface area contributed by atoms with Crippen LogP contribution >= 0.6 is 27.5 Å². The standard InChI is InChI=1S/C15H14BrClF2N2/c16-14-4-3-11(18)5-10(14)7-13(21-20)6-9-1-2-12(19)8-15(9)17/h1-5,8,13,21H,6-7,20H2. The van der Waals surface area contributed by atoms with Gasteiger partial charge in [-0.3, -0.25) is 11.3 Å². The summed E-state index contributed by atoms with van der Waals surface area (Å²) in [4.78, 5) is 0. The van der Waals surface area contributed by atoms with Gasteiger partial charge < -0.3 is 0 Å². The lowest BCUT2D eigenvalue weighted by molar-refractivity contribution is 0.519. The monoisotopic (exact) mass is 374 g/mol. The molecule has 2 aromatic carbocycles. The van der Waals surface area contributed by atoms with Crippen molar-refractivity contribution in [3.8, 4) is 0 Å². The van der Waals surface area contributed by atoms with Crippen molar-refractivity contribution in [1.29, 1.82) is 0 Å². The Hall–Kier alpha value is -1.01. The van der Waals surface area contributed by atoms with Crippen molar-refractivity contribution >= 4 is 27.5 Å². The van der Waals surface area contributed by atoms with Crippen LogP contribution in [0.3, 0.4) is 0 Å². The first-order valence-electron chi connectivity index (χ1n) is 6.33. The molecule has 1 unspecified atom stereocenters. The molecule has 2 nitrogen and oxygen atoms in total. The lowest BCUT2D eigenvalue weighted by Gasteiger charge is -2.17. The van der Waals surface area contributed by atoms with E-state index in [0.717, 1.165) is 15.6 Å². The van der Waals surface area contributed by atoms with Crippen LogP contribution in [0, 0.1) is 11.6 Å². The van der Waals surface area contributed by atoms with Crippen molar-refractivity contribution in [3.05, 3.63) is 68.7 Å². The van der Waals surface area contributed by atoms with E-state index < -0.39 is 0 Å². The van der Waals surface area contributed by atoms with E-state index in [2.05, 4.69) is 21.4 Å². The maximum Gasteiger partial charge on any atom is 0.124 e. The fraction of sp³-hybridized carbons (Fsp3) is 0.200. The summed E-state index contributed by atoms with van der Waals surface area (Å²) in [6, 6.07) is 8.60. The summed E-state index contributed by atoms with van der Waals surface area (Å²) in [5.41, 5.74) is 4.28. The molecule has 0 aliphatic rings. The van der Waals surface area contributed by atoms with Gasteiger partial charge in [0, 0.05) is 15.5 Å². The van der Waals surface area contributed by atoms with Crippen LogP contribution in [0.1, 0.15) is 11.1 Å². The summed E-state index contributed by atoms with van der Waals surface area (Å²) in [5, 5.41) is 0.355. The van der Waals surface area contributed by atoms with Crippen molar-refractivity contribution < 1.29 is 8.78 Å². The fourth-order valence-electron chi connectivity index (χ4n) is 2.11. The Kier molecular flexibility index (Phi) is 5.70. The van der Waals surface area contributed by atoms with E-state index in [1.165, 1.54) is 24.3 Å². The first-order valence-corrected chi connectivity index (χ1v) is 7.50. The van der Waals surface area contributed by atoms with Gasteiger partial charge in [0.05, 0.1) is 0 Å². The van der Waals surface area contributed by atoms with Gasteiger partial charge in [0.15, 0.2) is 0 Å². The summed E-state index contributed by atoms with van der Waals surface area (Å²) < 4.78 is 27.2. The molecule has 2 rings (SSSR count). The molecule has 0 aliphatic heterocycles. The summed E-state index contributed by atoms with van der Waals surface area (Å²) in [6.07, 6.45) is 1.03. The van der Waals surface area contributed by atoms with Gasteiger partial charge in [-0.05, 0) is 54.3 Å². The fourth-order valence-corrected chi connectivity index (χ4v) is 2.76. The second-order valence-electron chi connectivity index (χ2n) is 4.74. The second-order valence-corrected chi connectivity index (χ2v) is 6.00. The topological polar surface area (TPSA) is 38.0 Å². The molecule has 0 aliphatic carbocycles. The number of rotatable bonds is 5. The van der Waals surface area contributed by atoms with Crippen LogP contribution in [0.4, 0.5) is 8.78 Å². The Balaban J connectivity index is 2.14. The number of nitrogens with two attached hydrogens (primary N) is 1. The molecule has 112 valence electrons. The highest BCUT2D eigenvalue weighted by molar-refractivity contribution is 9.10. The van der Waals surface area contributed by atoms with Crippen molar-refractivity contribution in [2.24, 2.45) is 5.84 Å². The smallest absolute Gasteiger partial charge is 0.124 e. The second kappa shape index (κ2) is 7.31. The molecule has 6 heteroatoms. The molecule has 0 fully saturated rings. The normalized spacial score (nSPS) is 12.4. The van der Waals surface area contributed by atoms with Crippen molar-refractivity contribution in [2.75, 3.05) is 0 Å². The average Bonchev–Trinajstić information content (AvgIpc) is 2.44. The van der Waals surface area contributed by atoms with Gasteiger partial charge in [0.2, 0.25) is 0 Å². The minimum atomic E-state index is -0.381. The molecular weight excluding hydrogens is 362 g/mol. The third kappa shape index (κ3) is 4.48. The van der Waals surface area contributed by atoms with Crippen LogP contribution in [0.5, 0.6) is 0 Å². The zero-order valence-corrected chi connectivity index (χ0v) is 13.4. The Labute approximate surface area is 135 Å².